The molecule has 1 aliphatic heterocycles. The number of ether oxygens (including phenoxy) is 3. The molecule has 1 heterocycles. The SMILES string of the molecule is FN(c1ccccc1)C1OCOCO1. The van der Waals surface area contributed by atoms with E-state index in [1.165, 1.54) is 0 Å². The molecule has 0 bridgehead atoms. The lowest BCUT2D eigenvalue weighted by Gasteiger charge is -2.28. The Kier molecular flexibility index (Phi) is 2.93. The van der Waals surface area contributed by atoms with Crippen LogP contribution >= 0.6 is 0 Å². The topological polar surface area (TPSA) is 30.9 Å². The Labute approximate surface area is 80.7 Å². The van der Waals surface area contributed by atoms with Gasteiger partial charge in [-0.2, -0.15) is 5.12 Å². The van der Waals surface area contributed by atoms with E-state index in [0.29, 0.717) is 10.8 Å². The lowest BCUT2D eigenvalue weighted by atomic mass is 10.3. The molecule has 0 N–H and O–H groups in total. The van der Waals surface area contributed by atoms with Crippen LogP contribution < -0.4 is 5.12 Å². The zero-order chi connectivity index (χ0) is 9.80. The van der Waals surface area contributed by atoms with Crippen LogP contribution in [-0.2, 0) is 14.2 Å². The van der Waals surface area contributed by atoms with Crippen molar-refractivity contribution in [3.8, 4) is 0 Å². The largest absolute Gasteiger partial charge is 0.329 e. The van der Waals surface area contributed by atoms with Gasteiger partial charge in [-0.15, -0.1) is 0 Å². The summed E-state index contributed by atoms with van der Waals surface area (Å²) in [5.74, 6) is 0. The van der Waals surface area contributed by atoms with Gasteiger partial charge in [0.25, 0.3) is 6.41 Å². The van der Waals surface area contributed by atoms with Crippen molar-refractivity contribution in [3.05, 3.63) is 30.3 Å². The highest BCUT2D eigenvalue weighted by Gasteiger charge is 2.23. The molecule has 0 unspecified atom stereocenters. The van der Waals surface area contributed by atoms with Gasteiger partial charge >= 0.3 is 0 Å². The van der Waals surface area contributed by atoms with Gasteiger partial charge in [-0.05, 0) is 12.1 Å². The van der Waals surface area contributed by atoms with Crippen LogP contribution in [0, 0.1) is 0 Å². The molecule has 1 aromatic rings. The number of anilines is 1. The molecule has 0 aliphatic carbocycles. The third-order valence-corrected chi connectivity index (χ3v) is 1.78. The second-order valence-corrected chi connectivity index (χ2v) is 2.73. The molecule has 0 saturated carbocycles. The lowest BCUT2D eigenvalue weighted by molar-refractivity contribution is -0.306. The average molecular weight is 199 g/mol. The van der Waals surface area contributed by atoms with Gasteiger partial charge in [0.2, 0.25) is 0 Å². The van der Waals surface area contributed by atoms with Crippen LogP contribution in [0.1, 0.15) is 0 Å². The minimum atomic E-state index is -1.02. The first kappa shape index (κ1) is 9.39. The molecule has 76 valence electrons. The second kappa shape index (κ2) is 4.36. The van der Waals surface area contributed by atoms with Gasteiger partial charge in [-0.1, -0.05) is 22.7 Å². The Morgan fingerprint density at radius 3 is 2.43 bits per heavy atom. The number of hydrogen-bond donors (Lipinski definition) is 0. The Morgan fingerprint density at radius 1 is 1.14 bits per heavy atom. The quantitative estimate of drug-likeness (QED) is 0.677. The minimum Gasteiger partial charge on any atom is -0.329 e. The maximum atomic E-state index is 13.5. The van der Waals surface area contributed by atoms with Crippen molar-refractivity contribution in [2.45, 2.75) is 6.41 Å². The summed E-state index contributed by atoms with van der Waals surface area (Å²) in [5, 5.41) is 0.419. The Bertz CT molecular complexity index is 277. The predicted molar refractivity (Wildman–Crippen MR) is 46.8 cm³/mol. The highest BCUT2D eigenvalue weighted by molar-refractivity contribution is 5.43. The van der Waals surface area contributed by atoms with E-state index in [-0.39, 0.29) is 13.6 Å². The van der Waals surface area contributed by atoms with E-state index < -0.39 is 6.41 Å². The van der Waals surface area contributed by atoms with Gasteiger partial charge in [0.05, 0.1) is 5.69 Å². The van der Waals surface area contributed by atoms with Gasteiger partial charge in [-0.25, -0.2) is 0 Å². The van der Waals surface area contributed by atoms with E-state index in [9.17, 15) is 4.48 Å². The van der Waals surface area contributed by atoms with E-state index in [2.05, 4.69) is 0 Å². The number of rotatable bonds is 2. The predicted octanol–water partition coefficient (Wildman–Crippen LogP) is 1.64. The normalized spacial score (nSPS) is 18.1. The summed E-state index contributed by atoms with van der Waals surface area (Å²) < 4.78 is 28.1. The van der Waals surface area contributed by atoms with Crippen molar-refractivity contribution in [1.29, 1.82) is 0 Å². The number of para-hydroxylation sites is 1. The van der Waals surface area contributed by atoms with Crippen molar-refractivity contribution in [2.24, 2.45) is 0 Å². The molecule has 5 heteroatoms. The molecule has 2 rings (SSSR count). The van der Waals surface area contributed by atoms with Gasteiger partial charge in [0, 0.05) is 0 Å². The average Bonchev–Trinajstić information content (AvgIpc) is 2.30. The zero-order valence-corrected chi connectivity index (χ0v) is 7.43. The Morgan fingerprint density at radius 2 is 1.79 bits per heavy atom. The van der Waals surface area contributed by atoms with E-state index in [1.807, 2.05) is 6.07 Å². The number of benzene rings is 1. The van der Waals surface area contributed by atoms with E-state index in [1.54, 1.807) is 24.3 Å². The first-order valence-electron chi connectivity index (χ1n) is 4.19. The van der Waals surface area contributed by atoms with E-state index in [4.69, 9.17) is 14.2 Å². The standard InChI is InChI=1S/C9H10FNO3/c10-11(8-4-2-1-3-5-8)9-13-6-12-7-14-9/h1-5,9H,6-7H2. The molecule has 1 aromatic carbocycles. The lowest BCUT2D eigenvalue weighted by Crippen LogP contribution is -2.38. The number of nitrogens with zero attached hydrogens (tertiary/aromatic N) is 1. The molecule has 1 saturated heterocycles. The van der Waals surface area contributed by atoms with Gasteiger partial charge in [0.1, 0.15) is 0 Å². The van der Waals surface area contributed by atoms with Crippen LogP contribution in [0.15, 0.2) is 30.3 Å². The van der Waals surface area contributed by atoms with Crippen LogP contribution in [0.25, 0.3) is 0 Å². The molecule has 0 radical (unpaired) electrons. The van der Waals surface area contributed by atoms with Crippen molar-refractivity contribution < 1.29 is 18.7 Å². The van der Waals surface area contributed by atoms with E-state index >= 15 is 0 Å². The number of hydrogen-bond acceptors (Lipinski definition) is 4. The van der Waals surface area contributed by atoms with Crippen LogP contribution in [0.4, 0.5) is 10.2 Å². The van der Waals surface area contributed by atoms with Gasteiger partial charge in [0.15, 0.2) is 13.6 Å². The van der Waals surface area contributed by atoms with Crippen molar-refractivity contribution in [3.63, 3.8) is 0 Å². The van der Waals surface area contributed by atoms with Crippen LogP contribution in [0.3, 0.4) is 0 Å². The maximum Gasteiger partial charge on any atom is 0.272 e. The summed E-state index contributed by atoms with van der Waals surface area (Å²) in [4.78, 5) is 0. The molecule has 0 amide bonds. The monoisotopic (exact) mass is 199 g/mol. The van der Waals surface area contributed by atoms with Gasteiger partial charge in [-0.3, -0.25) is 0 Å². The Balaban J connectivity index is 2.03. The van der Waals surface area contributed by atoms with E-state index in [0.717, 1.165) is 0 Å². The molecular formula is C9H10FNO3. The third-order valence-electron chi connectivity index (χ3n) is 1.78. The highest BCUT2D eigenvalue weighted by Crippen LogP contribution is 2.19. The molecule has 1 aliphatic rings. The Hall–Kier alpha value is -1.17. The molecule has 0 atom stereocenters. The minimum absolute atomic E-state index is 0.0396. The molecule has 0 spiro atoms. The molecule has 1 fully saturated rings. The molecular weight excluding hydrogens is 189 g/mol. The fourth-order valence-electron chi connectivity index (χ4n) is 1.12. The molecule has 0 aromatic heterocycles. The fourth-order valence-corrected chi connectivity index (χ4v) is 1.12. The maximum absolute atomic E-state index is 13.5. The molecule has 4 nitrogen and oxygen atoms in total. The summed E-state index contributed by atoms with van der Waals surface area (Å²) in [6, 6.07) is 8.54. The first-order valence-corrected chi connectivity index (χ1v) is 4.19. The smallest absolute Gasteiger partial charge is 0.272 e. The van der Waals surface area contributed by atoms with Gasteiger partial charge < -0.3 is 14.2 Å². The van der Waals surface area contributed by atoms with Crippen LogP contribution in [-0.4, -0.2) is 20.0 Å². The zero-order valence-electron chi connectivity index (χ0n) is 7.43. The van der Waals surface area contributed by atoms with Crippen molar-refractivity contribution in [1.82, 2.24) is 0 Å². The number of halogens is 1. The summed E-state index contributed by atoms with van der Waals surface area (Å²) >= 11 is 0. The third kappa shape index (κ3) is 2.01. The fraction of sp³-hybridized carbons (Fsp3) is 0.333. The van der Waals surface area contributed by atoms with Crippen LogP contribution in [0.5, 0.6) is 0 Å². The summed E-state index contributed by atoms with van der Waals surface area (Å²) in [5.41, 5.74) is 0.388. The summed E-state index contributed by atoms with van der Waals surface area (Å²) in [6.45, 7) is 0.0792. The molecule has 14 heavy (non-hydrogen) atoms. The first-order chi connectivity index (χ1) is 6.88. The van der Waals surface area contributed by atoms with Crippen molar-refractivity contribution in [2.75, 3.05) is 18.7 Å². The summed E-state index contributed by atoms with van der Waals surface area (Å²) in [7, 11) is 0. The van der Waals surface area contributed by atoms with Crippen molar-refractivity contribution >= 4 is 5.69 Å². The highest BCUT2D eigenvalue weighted by atomic mass is 19.2. The second-order valence-electron chi connectivity index (χ2n) is 2.73. The van der Waals surface area contributed by atoms with Crippen LogP contribution in [0.2, 0.25) is 0 Å². The summed E-state index contributed by atoms with van der Waals surface area (Å²) in [6.07, 6.45) is -1.02.